The smallest absolute Gasteiger partial charge is 0.354 e. The number of nitrogens with zero attached hydrogens (tertiary/aromatic N) is 4. The molecule has 18 heavy (non-hydrogen) atoms. The summed E-state index contributed by atoms with van der Waals surface area (Å²) in [7, 11) is 1.69. The van der Waals surface area contributed by atoms with Crippen LogP contribution in [-0.2, 0) is 5.41 Å². The van der Waals surface area contributed by atoms with Crippen molar-refractivity contribution in [1.29, 1.82) is 0 Å². The zero-order chi connectivity index (χ0) is 13.5. The molecule has 0 saturated heterocycles. The standard InChI is InChI=1S/C11H15N5O2/c1-11(2,3)9-14-10-13-6(8(17)18)5-7(12-4)16(10)15-9/h5,12H,1-4H3,(H,17,18). The van der Waals surface area contributed by atoms with E-state index in [2.05, 4.69) is 20.4 Å². The molecule has 0 saturated carbocycles. The van der Waals surface area contributed by atoms with Crippen molar-refractivity contribution in [1.82, 2.24) is 19.6 Å². The number of carbonyl (C=O) groups is 1. The zero-order valence-electron chi connectivity index (χ0n) is 10.7. The molecular weight excluding hydrogens is 234 g/mol. The van der Waals surface area contributed by atoms with Gasteiger partial charge in [-0.1, -0.05) is 20.8 Å². The molecular formula is C11H15N5O2. The summed E-state index contributed by atoms with van der Waals surface area (Å²) in [6, 6.07) is 1.43. The minimum atomic E-state index is -1.09. The molecule has 7 nitrogen and oxygen atoms in total. The fourth-order valence-electron chi connectivity index (χ4n) is 1.47. The highest BCUT2D eigenvalue weighted by Crippen LogP contribution is 2.20. The number of aromatic carboxylic acids is 1. The number of aromatic nitrogens is 4. The van der Waals surface area contributed by atoms with E-state index in [0.29, 0.717) is 11.6 Å². The van der Waals surface area contributed by atoms with E-state index in [4.69, 9.17) is 5.11 Å². The second kappa shape index (κ2) is 3.94. The first-order valence-corrected chi connectivity index (χ1v) is 5.52. The summed E-state index contributed by atoms with van der Waals surface area (Å²) in [5.74, 6) is 0.355. The summed E-state index contributed by atoms with van der Waals surface area (Å²) in [4.78, 5) is 19.2. The molecule has 7 heteroatoms. The Balaban J connectivity index is 2.71. The van der Waals surface area contributed by atoms with Crippen molar-refractivity contribution in [3.05, 3.63) is 17.6 Å². The van der Waals surface area contributed by atoms with Crippen LogP contribution in [0.2, 0.25) is 0 Å². The topological polar surface area (TPSA) is 92.4 Å². The lowest BCUT2D eigenvalue weighted by Gasteiger charge is -2.11. The lowest BCUT2D eigenvalue weighted by Crippen LogP contribution is -2.13. The molecule has 0 aliphatic heterocycles. The number of carboxylic acid groups (broad SMARTS) is 1. The van der Waals surface area contributed by atoms with Gasteiger partial charge in [-0.05, 0) is 0 Å². The average Bonchev–Trinajstić information content (AvgIpc) is 2.70. The Hall–Kier alpha value is -2.18. The van der Waals surface area contributed by atoms with Crippen LogP contribution in [-0.4, -0.2) is 37.7 Å². The maximum absolute atomic E-state index is 11.0. The molecule has 0 amide bonds. The van der Waals surface area contributed by atoms with Gasteiger partial charge in [0, 0.05) is 18.5 Å². The van der Waals surface area contributed by atoms with Crippen molar-refractivity contribution >= 4 is 17.6 Å². The van der Waals surface area contributed by atoms with Crippen LogP contribution in [0.3, 0.4) is 0 Å². The zero-order valence-corrected chi connectivity index (χ0v) is 10.7. The molecule has 2 aromatic heterocycles. The summed E-state index contributed by atoms with van der Waals surface area (Å²) < 4.78 is 1.51. The lowest BCUT2D eigenvalue weighted by atomic mass is 9.96. The summed E-state index contributed by atoms with van der Waals surface area (Å²) >= 11 is 0. The maximum Gasteiger partial charge on any atom is 0.354 e. The number of hydrogen-bond donors (Lipinski definition) is 2. The Labute approximate surface area is 104 Å². The van der Waals surface area contributed by atoms with Crippen LogP contribution in [0.25, 0.3) is 5.78 Å². The minimum Gasteiger partial charge on any atom is -0.477 e. The van der Waals surface area contributed by atoms with E-state index in [9.17, 15) is 4.79 Å². The van der Waals surface area contributed by atoms with Crippen LogP contribution in [0.5, 0.6) is 0 Å². The van der Waals surface area contributed by atoms with E-state index in [1.807, 2.05) is 20.8 Å². The highest BCUT2D eigenvalue weighted by Gasteiger charge is 2.22. The highest BCUT2D eigenvalue weighted by atomic mass is 16.4. The van der Waals surface area contributed by atoms with Crippen molar-refractivity contribution in [3.8, 4) is 0 Å². The molecule has 0 aliphatic rings. The van der Waals surface area contributed by atoms with Gasteiger partial charge in [-0.2, -0.15) is 9.50 Å². The van der Waals surface area contributed by atoms with Gasteiger partial charge < -0.3 is 10.4 Å². The molecule has 0 spiro atoms. The number of rotatable bonds is 2. The summed E-state index contributed by atoms with van der Waals surface area (Å²) in [5.41, 5.74) is -0.276. The van der Waals surface area contributed by atoms with E-state index in [0.717, 1.165) is 0 Å². The molecule has 2 aromatic rings. The molecule has 0 fully saturated rings. The van der Waals surface area contributed by atoms with Gasteiger partial charge in [-0.3, -0.25) is 0 Å². The van der Waals surface area contributed by atoms with Crippen LogP contribution in [0.15, 0.2) is 6.07 Å². The van der Waals surface area contributed by atoms with Crippen molar-refractivity contribution in [2.24, 2.45) is 0 Å². The fraction of sp³-hybridized carbons (Fsp3) is 0.455. The number of nitrogens with one attached hydrogen (secondary N) is 1. The van der Waals surface area contributed by atoms with Gasteiger partial charge in [0.05, 0.1) is 0 Å². The Morgan fingerprint density at radius 2 is 2.06 bits per heavy atom. The molecule has 0 aliphatic carbocycles. The van der Waals surface area contributed by atoms with Crippen molar-refractivity contribution in [2.75, 3.05) is 12.4 Å². The first-order chi connectivity index (χ1) is 8.32. The second-order valence-corrected chi connectivity index (χ2v) is 4.98. The van der Waals surface area contributed by atoms with Crippen LogP contribution in [0, 0.1) is 0 Å². The largest absolute Gasteiger partial charge is 0.477 e. The third kappa shape index (κ3) is 1.99. The summed E-state index contributed by atoms with van der Waals surface area (Å²) in [6.45, 7) is 5.96. The van der Waals surface area contributed by atoms with E-state index in [1.165, 1.54) is 10.6 Å². The first-order valence-electron chi connectivity index (χ1n) is 5.52. The van der Waals surface area contributed by atoms with E-state index >= 15 is 0 Å². The lowest BCUT2D eigenvalue weighted by molar-refractivity contribution is 0.0690. The maximum atomic E-state index is 11.0. The van der Waals surface area contributed by atoms with Gasteiger partial charge in [-0.25, -0.2) is 9.78 Å². The van der Waals surface area contributed by atoms with Gasteiger partial charge >= 0.3 is 5.97 Å². The molecule has 0 unspecified atom stereocenters. The predicted octanol–water partition coefficient (Wildman–Crippen LogP) is 1.16. The highest BCUT2D eigenvalue weighted by molar-refractivity contribution is 5.86. The number of fused-ring (bicyclic) bond motifs is 1. The van der Waals surface area contributed by atoms with Crippen molar-refractivity contribution in [3.63, 3.8) is 0 Å². The Kier molecular flexibility index (Phi) is 2.68. The van der Waals surface area contributed by atoms with Crippen molar-refractivity contribution in [2.45, 2.75) is 26.2 Å². The fourth-order valence-corrected chi connectivity index (χ4v) is 1.47. The monoisotopic (exact) mass is 249 g/mol. The van der Waals surface area contributed by atoms with Crippen molar-refractivity contribution < 1.29 is 9.90 Å². The van der Waals surface area contributed by atoms with E-state index in [1.54, 1.807) is 7.05 Å². The van der Waals surface area contributed by atoms with E-state index in [-0.39, 0.29) is 16.9 Å². The van der Waals surface area contributed by atoms with Crippen LogP contribution in [0.1, 0.15) is 37.1 Å². The van der Waals surface area contributed by atoms with Gasteiger partial charge in [0.1, 0.15) is 5.82 Å². The Morgan fingerprint density at radius 3 is 2.56 bits per heavy atom. The SMILES string of the molecule is CNc1cc(C(=O)O)nc2nc(C(C)(C)C)nn12. The first kappa shape index (κ1) is 12.3. The molecule has 2 N–H and O–H groups in total. The summed E-state index contributed by atoms with van der Waals surface area (Å²) in [6.07, 6.45) is 0. The molecule has 0 atom stereocenters. The third-order valence-corrected chi connectivity index (χ3v) is 2.46. The molecule has 2 rings (SSSR count). The Morgan fingerprint density at radius 1 is 1.39 bits per heavy atom. The van der Waals surface area contributed by atoms with Crippen LogP contribution in [0.4, 0.5) is 5.82 Å². The quantitative estimate of drug-likeness (QED) is 0.829. The molecule has 0 aromatic carbocycles. The van der Waals surface area contributed by atoms with Gasteiger partial charge in [-0.15, -0.1) is 5.10 Å². The van der Waals surface area contributed by atoms with E-state index < -0.39 is 5.97 Å². The van der Waals surface area contributed by atoms with Gasteiger partial charge in [0.15, 0.2) is 11.5 Å². The average molecular weight is 249 g/mol. The normalized spacial score (nSPS) is 11.8. The molecule has 96 valence electrons. The Bertz CT molecular complexity index is 612. The molecule has 0 bridgehead atoms. The number of anilines is 1. The second-order valence-electron chi connectivity index (χ2n) is 4.98. The van der Waals surface area contributed by atoms with Crippen LogP contribution >= 0.6 is 0 Å². The number of carboxylic acids is 1. The number of hydrogen-bond acceptors (Lipinski definition) is 5. The van der Waals surface area contributed by atoms with Gasteiger partial charge in [0.2, 0.25) is 0 Å². The summed E-state index contributed by atoms with van der Waals surface area (Å²) in [5, 5.41) is 16.2. The van der Waals surface area contributed by atoms with Gasteiger partial charge in [0.25, 0.3) is 5.78 Å². The molecule has 0 radical (unpaired) electrons. The third-order valence-electron chi connectivity index (χ3n) is 2.46. The van der Waals surface area contributed by atoms with Crippen LogP contribution < -0.4 is 5.32 Å². The minimum absolute atomic E-state index is 0.0558. The predicted molar refractivity (Wildman–Crippen MR) is 66.0 cm³/mol. The molecule has 2 heterocycles.